The monoisotopic (exact) mass is 312 g/mol. The zero-order valence-electron chi connectivity index (χ0n) is 13.7. The van der Waals surface area contributed by atoms with Crippen LogP contribution < -0.4 is 5.73 Å². The molecule has 23 heavy (non-hydrogen) atoms. The zero-order valence-corrected chi connectivity index (χ0v) is 13.7. The van der Waals surface area contributed by atoms with Crippen molar-refractivity contribution in [3.8, 4) is 0 Å². The quantitative estimate of drug-likeness (QED) is 0.628. The van der Waals surface area contributed by atoms with Crippen molar-refractivity contribution in [3.05, 3.63) is 65.7 Å². The highest BCUT2D eigenvalue weighted by molar-refractivity contribution is 5.89. The van der Waals surface area contributed by atoms with E-state index in [1.54, 1.807) is 24.3 Å². The number of carbonyl (C=O) groups is 1. The summed E-state index contributed by atoms with van der Waals surface area (Å²) < 4.78 is 5.78. The maximum Gasteiger partial charge on any atom is 0.338 e. The van der Waals surface area contributed by atoms with Gasteiger partial charge in [0.2, 0.25) is 0 Å². The number of hydrogen-bond acceptors (Lipinski definition) is 4. The summed E-state index contributed by atoms with van der Waals surface area (Å²) in [6.07, 6.45) is -0.291. The molecule has 0 radical (unpaired) electrons. The second-order valence-corrected chi connectivity index (χ2v) is 5.41. The number of hydrogen-bond donors (Lipinski definition) is 1. The van der Waals surface area contributed by atoms with Gasteiger partial charge < -0.3 is 10.5 Å². The maximum atomic E-state index is 12.4. The number of esters is 1. The predicted octanol–water partition coefficient (Wildman–Crippen LogP) is 3.51. The van der Waals surface area contributed by atoms with Crippen molar-refractivity contribution in [2.75, 3.05) is 25.4 Å². The molecule has 0 aliphatic heterocycles. The van der Waals surface area contributed by atoms with Gasteiger partial charge in [0, 0.05) is 12.2 Å². The highest BCUT2D eigenvalue weighted by atomic mass is 16.5. The Kier molecular flexibility index (Phi) is 6.18. The number of rotatable bonds is 7. The van der Waals surface area contributed by atoms with Crippen molar-refractivity contribution in [1.82, 2.24) is 4.90 Å². The third kappa shape index (κ3) is 4.83. The smallest absolute Gasteiger partial charge is 0.338 e. The summed E-state index contributed by atoms with van der Waals surface area (Å²) in [5, 5.41) is 0. The average Bonchev–Trinajstić information content (AvgIpc) is 2.59. The van der Waals surface area contributed by atoms with Gasteiger partial charge in [0.15, 0.2) is 0 Å². The van der Waals surface area contributed by atoms with Crippen LogP contribution in [0.25, 0.3) is 0 Å². The Morgan fingerprint density at radius 3 is 2.22 bits per heavy atom. The van der Waals surface area contributed by atoms with Crippen LogP contribution in [0.15, 0.2) is 54.6 Å². The number of benzene rings is 2. The lowest BCUT2D eigenvalue weighted by Gasteiger charge is -2.25. The SMILES string of the molecule is CCN(CC)C[C@@H](OC(=O)c1ccc(N)cc1)c1ccccc1. The molecule has 1 atom stereocenters. The standard InChI is InChI=1S/C19H24N2O2/c1-3-21(4-2)14-18(15-8-6-5-7-9-15)23-19(22)16-10-12-17(20)13-11-16/h5-13,18H,3-4,14,20H2,1-2H3/t18-/m1/s1. The fourth-order valence-corrected chi connectivity index (χ4v) is 2.41. The lowest BCUT2D eigenvalue weighted by atomic mass is 10.1. The Morgan fingerprint density at radius 1 is 1.04 bits per heavy atom. The van der Waals surface area contributed by atoms with E-state index in [1.807, 2.05) is 30.3 Å². The third-order valence-electron chi connectivity index (χ3n) is 3.89. The van der Waals surface area contributed by atoms with E-state index in [1.165, 1.54) is 0 Å². The fourth-order valence-electron chi connectivity index (χ4n) is 2.41. The summed E-state index contributed by atoms with van der Waals surface area (Å²) in [4.78, 5) is 14.7. The minimum atomic E-state index is -0.328. The van der Waals surface area contributed by atoms with Crippen molar-refractivity contribution < 1.29 is 9.53 Å². The summed E-state index contributed by atoms with van der Waals surface area (Å²) >= 11 is 0. The first kappa shape index (κ1) is 17.0. The third-order valence-corrected chi connectivity index (χ3v) is 3.89. The summed E-state index contributed by atoms with van der Waals surface area (Å²) in [7, 11) is 0. The molecule has 4 nitrogen and oxygen atoms in total. The largest absolute Gasteiger partial charge is 0.453 e. The second kappa shape index (κ2) is 8.34. The number of nitrogens with zero attached hydrogens (tertiary/aromatic N) is 1. The number of ether oxygens (including phenoxy) is 1. The highest BCUT2D eigenvalue weighted by Crippen LogP contribution is 2.21. The lowest BCUT2D eigenvalue weighted by Crippen LogP contribution is -2.30. The van der Waals surface area contributed by atoms with Crippen LogP contribution in [0.5, 0.6) is 0 Å². The molecule has 0 fully saturated rings. The molecule has 0 aromatic heterocycles. The lowest BCUT2D eigenvalue weighted by molar-refractivity contribution is 0.0204. The molecule has 2 N–H and O–H groups in total. The molecule has 0 heterocycles. The van der Waals surface area contributed by atoms with E-state index in [9.17, 15) is 4.79 Å². The second-order valence-electron chi connectivity index (χ2n) is 5.41. The Balaban J connectivity index is 2.16. The van der Waals surface area contributed by atoms with Crippen LogP contribution in [0, 0.1) is 0 Å². The van der Waals surface area contributed by atoms with Gasteiger partial charge in [0.25, 0.3) is 0 Å². The Labute approximate surface area is 137 Å². The van der Waals surface area contributed by atoms with Crippen LogP contribution in [-0.4, -0.2) is 30.5 Å². The number of likely N-dealkylation sites (N-methyl/N-ethyl adjacent to an activating group) is 1. The average molecular weight is 312 g/mol. The minimum absolute atomic E-state index is 0.291. The van der Waals surface area contributed by atoms with E-state index in [0.29, 0.717) is 17.8 Å². The molecule has 0 bridgehead atoms. The van der Waals surface area contributed by atoms with E-state index >= 15 is 0 Å². The van der Waals surface area contributed by atoms with Gasteiger partial charge in [-0.25, -0.2) is 4.79 Å². The Bertz CT molecular complexity index is 607. The first-order valence-electron chi connectivity index (χ1n) is 7.97. The molecule has 2 aromatic carbocycles. The van der Waals surface area contributed by atoms with Gasteiger partial charge in [-0.05, 0) is 42.9 Å². The van der Waals surface area contributed by atoms with Gasteiger partial charge >= 0.3 is 5.97 Å². The molecular formula is C19H24N2O2. The molecule has 0 saturated carbocycles. The topological polar surface area (TPSA) is 55.6 Å². The van der Waals surface area contributed by atoms with Gasteiger partial charge in [-0.3, -0.25) is 4.90 Å². The van der Waals surface area contributed by atoms with Crippen molar-refractivity contribution in [2.24, 2.45) is 0 Å². The van der Waals surface area contributed by atoms with Gasteiger partial charge in [-0.15, -0.1) is 0 Å². The fraction of sp³-hybridized carbons (Fsp3) is 0.316. The van der Waals surface area contributed by atoms with Gasteiger partial charge in [-0.1, -0.05) is 44.2 Å². The molecule has 0 aliphatic rings. The first-order valence-corrected chi connectivity index (χ1v) is 7.97. The number of anilines is 1. The maximum absolute atomic E-state index is 12.4. The Hall–Kier alpha value is -2.33. The predicted molar refractivity (Wildman–Crippen MR) is 93.2 cm³/mol. The minimum Gasteiger partial charge on any atom is -0.453 e. The summed E-state index contributed by atoms with van der Waals surface area (Å²) in [5.41, 5.74) is 7.81. The molecular weight excluding hydrogens is 288 g/mol. The number of carbonyl (C=O) groups excluding carboxylic acids is 1. The van der Waals surface area contributed by atoms with Crippen LogP contribution in [0.1, 0.15) is 35.9 Å². The summed E-state index contributed by atoms with van der Waals surface area (Å²) in [6, 6.07) is 16.7. The van der Waals surface area contributed by atoms with E-state index in [2.05, 4.69) is 18.7 Å². The molecule has 122 valence electrons. The summed E-state index contributed by atoms with van der Waals surface area (Å²) in [5.74, 6) is -0.328. The summed E-state index contributed by atoms with van der Waals surface area (Å²) in [6.45, 7) is 6.72. The van der Waals surface area contributed by atoms with Crippen LogP contribution in [-0.2, 0) is 4.74 Å². The molecule has 0 amide bonds. The normalized spacial score (nSPS) is 12.1. The molecule has 0 unspecified atom stereocenters. The van der Waals surface area contributed by atoms with E-state index in [0.717, 1.165) is 18.7 Å². The van der Waals surface area contributed by atoms with Crippen LogP contribution in [0.3, 0.4) is 0 Å². The van der Waals surface area contributed by atoms with E-state index in [-0.39, 0.29) is 12.1 Å². The van der Waals surface area contributed by atoms with Gasteiger partial charge in [0.1, 0.15) is 6.10 Å². The molecule has 0 spiro atoms. The van der Waals surface area contributed by atoms with E-state index in [4.69, 9.17) is 10.5 Å². The molecule has 2 rings (SSSR count). The van der Waals surface area contributed by atoms with Crippen molar-refractivity contribution >= 4 is 11.7 Å². The highest BCUT2D eigenvalue weighted by Gasteiger charge is 2.20. The van der Waals surface area contributed by atoms with Gasteiger partial charge in [0.05, 0.1) is 5.56 Å². The number of nitrogen functional groups attached to an aromatic ring is 1. The van der Waals surface area contributed by atoms with Gasteiger partial charge in [-0.2, -0.15) is 0 Å². The Morgan fingerprint density at radius 2 is 1.65 bits per heavy atom. The zero-order chi connectivity index (χ0) is 16.7. The number of nitrogens with two attached hydrogens (primary N) is 1. The van der Waals surface area contributed by atoms with Crippen LogP contribution >= 0.6 is 0 Å². The molecule has 0 aliphatic carbocycles. The first-order chi connectivity index (χ1) is 11.1. The van der Waals surface area contributed by atoms with Crippen LogP contribution in [0.4, 0.5) is 5.69 Å². The molecule has 4 heteroatoms. The van der Waals surface area contributed by atoms with E-state index < -0.39 is 0 Å². The van der Waals surface area contributed by atoms with Crippen LogP contribution in [0.2, 0.25) is 0 Å². The van der Waals surface area contributed by atoms with Crippen molar-refractivity contribution in [1.29, 1.82) is 0 Å². The molecule has 0 saturated heterocycles. The van der Waals surface area contributed by atoms with Crippen molar-refractivity contribution in [3.63, 3.8) is 0 Å². The molecule has 2 aromatic rings. The van der Waals surface area contributed by atoms with Crippen molar-refractivity contribution in [2.45, 2.75) is 20.0 Å².